The summed E-state index contributed by atoms with van der Waals surface area (Å²) in [6.07, 6.45) is 0. The van der Waals surface area contributed by atoms with Crippen LogP contribution in [0.2, 0.25) is 0 Å². The van der Waals surface area contributed by atoms with Crippen molar-refractivity contribution in [2.45, 2.75) is 26.4 Å². The number of nitrogens with zero attached hydrogens (tertiary/aromatic N) is 4. The molecule has 0 bridgehead atoms. The second kappa shape index (κ2) is 8.18. The van der Waals surface area contributed by atoms with Crippen LogP contribution in [-0.2, 0) is 11.3 Å². The zero-order valence-corrected chi connectivity index (χ0v) is 18.1. The smallest absolute Gasteiger partial charge is 0.378 e. The summed E-state index contributed by atoms with van der Waals surface area (Å²) in [7, 11) is 0. The zero-order chi connectivity index (χ0) is 22.2. The Hall–Kier alpha value is -3.56. The second-order valence-corrected chi connectivity index (χ2v) is 8.11. The fraction of sp³-hybridized carbons (Fsp3) is 0.304. The van der Waals surface area contributed by atoms with Gasteiger partial charge in [-0.3, -0.25) is 4.98 Å². The Labute approximate surface area is 184 Å². The zero-order valence-electron chi connectivity index (χ0n) is 18.1. The number of fused-ring (bicyclic) bond motifs is 1. The van der Waals surface area contributed by atoms with Gasteiger partial charge in [-0.2, -0.15) is 4.68 Å². The lowest BCUT2D eigenvalue weighted by atomic mass is 9.99. The number of nitrogens with one attached hydrogen (secondary N) is 2. The fourth-order valence-corrected chi connectivity index (χ4v) is 4.29. The number of nitrogen functional groups attached to an aromatic ring is 1. The SMILES string of the molecule is Cc1cc(-c2c(-c3ccccc3)nc(N)[n+]3c(=O)n(C[C@H]4COCCN4)[nH]c23)cc(C)n1. The van der Waals surface area contributed by atoms with Crippen LogP contribution in [0, 0.1) is 13.8 Å². The lowest BCUT2D eigenvalue weighted by Crippen LogP contribution is -2.49. The van der Waals surface area contributed by atoms with Crippen LogP contribution in [0.4, 0.5) is 5.95 Å². The summed E-state index contributed by atoms with van der Waals surface area (Å²) in [6, 6.07) is 13.9. The Bertz CT molecular complexity index is 1320. The molecular weight excluding hydrogens is 406 g/mol. The van der Waals surface area contributed by atoms with Crippen molar-refractivity contribution < 1.29 is 9.14 Å². The molecule has 32 heavy (non-hydrogen) atoms. The molecule has 1 fully saturated rings. The summed E-state index contributed by atoms with van der Waals surface area (Å²) in [5.41, 5.74) is 11.8. The van der Waals surface area contributed by atoms with Gasteiger partial charge in [0.05, 0.1) is 31.4 Å². The first-order valence-corrected chi connectivity index (χ1v) is 10.7. The van der Waals surface area contributed by atoms with Crippen LogP contribution in [0.25, 0.3) is 28.0 Å². The van der Waals surface area contributed by atoms with E-state index in [9.17, 15) is 4.79 Å². The van der Waals surface area contributed by atoms with Gasteiger partial charge < -0.3 is 15.8 Å². The molecule has 0 amide bonds. The molecule has 0 saturated carbocycles. The molecule has 1 saturated heterocycles. The number of morpholine rings is 1. The molecule has 164 valence electrons. The molecule has 1 atom stereocenters. The number of benzene rings is 1. The minimum atomic E-state index is -0.263. The predicted octanol–water partition coefficient (Wildman–Crippen LogP) is 1.23. The van der Waals surface area contributed by atoms with E-state index in [0.29, 0.717) is 31.1 Å². The first-order valence-electron chi connectivity index (χ1n) is 10.7. The average molecular weight is 433 g/mol. The Morgan fingerprint density at radius 1 is 1.16 bits per heavy atom. The van der Waals surface area contributed by atoms with Crippen LogP contribution in [0.15, 0.2) is 47.3 Å². The second-order valence-electron chi connectivity index (χ2n) is 8.11. The van der Waals surface area contributed by atoms with Crippen molar-refractivity contribution in [1.82, 2.24) is 25.1 Å². The van der Waals surface area contributed by atoms with Crippen molar-refractivity contribution in [3.05, 3.63) is 64.3 Å². The quantitative estimate of drug-likeness (QED) is 0.418. The van der Waals surface area contributed by atoms with Crippen LogP contribution in [0.3, 0.4) is 0 Å². The molecule has 0 spiro atoms. The van der Waals surface area contributed by atoms with Gasteiger partial charge in [0.1, 0.15) is 5.69 Å². The largest absolute Gasteiger partial charge is 0.428 e. The van der Waals surface area contributed by atoms with E-state index in [1.807, 2.05) is 56.3 Å². The lowest BCUT2D eigenvalue weighted by Gasteiger charge is -2.22. The van der Waals surface area contributed by atoms with Crippen molar-refractivity contribution >= 4 is 11.6 Å². The number of aromatic nitrogens is 5. The number of hydrogen-bond acceptors (Lipinski definition) is 6. The number of pyridine rings is 1. The van der Waals surface area contributed by atoms with E-state index in [0.717, 1.165) is 34.6 Å². The summed E-state index contributed by atoms with van der Waals surface area (Å²) in [6.45, 7) is 6.33. The standard InChI is InChI=1S/C23H25N7O2/c1-14-10-17(11-15(2)26-14)19-20(16-6-4-3-5-7-16)27-22(24)30-21(19)28-29(23(30)31)12-18-13-32-9-8-25-18/h3-7,10-11,18,25H,8-9,12-13H2,1-2H3,(H2,24,26,27,28)/p+1/t18-/m0/s1. The van der Waals surface area contributed by atoms with Crippen molar-refractivity contribution in [2.24, 2.45) is 0 Å². The molecule has 4 aromatic rings. The van der Waals surface area contributed by atoms with E-state index in [2.05, 4.69) is 20.4 Å². The predicted molar refractivity (Wildman–Crippen MR) is 121 cm³/mol. The number of nitrogens with two attached hydrogens (primary N) is 1. The first kappa shape index (κ1) is 20.3. The molecule has 5 rings (SSSR count). The first-order chi connectivity index (χ1) is 15.5. The van der Waals surface area contributed by atoms with E-state index in [4.69, 9.17) is 10.5 Å². The Morgan fingerprint density at radius 2 is 1.91 bits per heavy atom. The van der Waals surface area contributed by atoms with Gasteiger partial charge in [-0.15, -0.1) is 9.38 Å². The molecule has 0 radical (unpaired) electrons. The molecule has 3 aromatic heterocycles. The number of anilines is 1. The van der Waals surface area contributed by atoms with E-state index in [1.165, 1.54) is 4.40 Å². The monoisotopic (exact) mass is 432 g/mol. The van der Waals surface area contributed by atoms with E-state index < -0.39 is 0 Å². The summed E-state index contributed by atoms with van der Waals surface area (Å²) in [4.78, 5) is 22.5. The molecule has 1 aromatic carbocycles. The van der Waals surface area contributed by atoms with Gasteiger partial charge >= 0.3 is 11.6 Å². The third-order valence-corrected chi connectivity index (χ3v) is 5.63. The van der Waals surface area contributed by atoms with Crippen LogP contribution in [0.5, 0.6) is 0 Å². The van der Waals surface area contributed by atoms with Crippen LogP contribution in [0.1, 0.15) is 11.4 Å². The Kier molecular flexibility index (Phi) is 5.20. The van der Waals surface area contributed by atoms with Crippen LogP contribution in [-0.4, -0.2) is 45.5 Å². The highest BCUT2D eigenvalue weighted by atomic mass is 16.5. The van der Waals surface area contributed by atoms with E-state index in [-0.39, 0.29) is 17.7 Å². The average Bonchev–Trinajstić information content (AvgIpc) is 3.10. The van der Waals surface area contributed by atoms with Gasteiger partial charge in [0, 0.05) is 23.5 Å². The minimum Gasteiger partial charge on any atom is -0.378 e. The Balaban J connectivity index is 1.77. The van der Waals surface area contributed by atoms with Gasteiger partial charge in [-0.1, -0.05) is 30.3 Å². The Morgan fingerprint density at radius 3 is 2.59 bits per heavy atom. The maximum absolute atomic E-state index is 13.3. The highest BCUT2D eigenvalue weighted by molar-refractivity contribution is 5.88. The number of ether oxygens (including phenoxy) is 1. The third-order valence-electron chi connectivity index (χ3n) is 5.63. The van der Waals surface area contributed by atoms with Crippen LogP contribution < -0.4 is 21.1 Å². The third kappa shape index (κ3) is 3.65. The highest BCUT2D eigenvalue weighted by Gasteiger charge is 2.27. The summed E-state index contributed by atoms with van der Waals surface area (Å²) < 4.78 is 8.56. The van der Waals surface area contributed by atoms with Crippen LogP contribution >= 0.6 is 0 Å². The van der Waals surface area contributed by atoms with Crippen molar-refractivity contribution in [3.8, 4) is 22.4 Å². The summed E-state index contributed by atoms with van der Waals surface area (Å²) in [5.74, 6) is 0.137. The molecule has 1 aliphatic heterocycles. The van der Waals surface area contributed by atoms with Crippen molar-refractivity contribution in [3.63, 3.8) is 0 Å². The summed E-state index contributed by atoms with van der Waals surface area (Å²) >= 11 is 0. The maximum atomic E-state index is 13.3. The molecule has 4 heterocycles. The number of hydrogen-bond donors (Lipinski definition) is 3. The number of H-pyrrole nitrogens is 1. The molecule has 9 nitrogen and oxygen atoms in total. The summed E-state index contributed by atoms with van der Waals surface area (Å²) in [5, 5.41) is 6.68. The van der Waals surface area contributed by atoms with Gasteiger partial charge in [0.15, 0.2) is 0 Å². The van der Waals surface area contributed by atoms with Gasteiger partial charge in [0.2, 0.25) is 5.65 Å². The van der Waals surface area contributed by atoms with Crippen molar-refractivity contribution in [1.29, 1.82) is 0 Å². The lowest BCUT2D eigenvalue weighted by molar-refractivity contribution is -0.516. The molecule has 4 N–H and O–H groups in total. The van der Waals surface area contributed by atoms with E-state index in [1.54, 1.807) is 4.68 Å². The molecule has 0 aliphatic carbocycles. The van der Waals surface area contributed by atoms with Crippen molar-refractivity contribution in [2.75, 3.05) is 25.5 Å². The fourth-order valence-electron chi connectivity index (χ4n) is 4.29. The highest BCUT2D eigenvalue weighted by Crippen LogP contribution is 2.33. The van der Waals surface area contributed by atoms with Gasteiger partial charge in [-0.05, 0) is 31.5 Å². The van der Waals surface area contributed by atoms with E-state index >= 15 is 0 Å². The number of aryl methyl sites for hydroxylation is 2. The minimum absolute atomic E-state index is 0.0340. The molecule has 1 aliphatic rings. The molecule has 0 unspecified atom stereocenters. The number of aromatic amines is 1. The molecule has 9 heteroatoms. The number of rotatable bonds is 4. The van der Waals surface area contributed by atoms with Gasteiger partial charge in [-0.25, -0.2) is 9.89 Å². The van der Waals surface area contributed by atoms with Gasteiger partial charge in [0.25, 0.3) is 0 Å². The topological polar surface area (TPSA) is 115 Å². The maximum Gasteiger partial charge on any atom is 0.428 e. The molecular formula is C23H26N7O2+. The normalized spacial score (nSPS) is 16.5.